The van der Waals surface area contributed by atoms with E-state index in [9.17, 15) is 4.79 Å². The van der Waals surface area contributed by atoms with Crippen molar-refractivity contribution in [2.75, 3.05) is 0 Å². The number of rotatable bonds is 3. The van der Waals surface area contributed by atoms with Gasteiger partial charge in [-0.25, -0.2) is 5.43 Å². The Hall–Kier alpha value is -2.56. The van der Waals surface area contributed by atoms with Gasteiger partial charge in [-0.2, -0.15) is 5.10 Å². The van der Waals surface area contributed by atoms with Crippen LogP contribution in [0.2, 0.25) is 0 Å². The van der Waals surface area contributed by atoms with Gasteiger partial charge in [0.15, 0.2) is 0 Å². The lowest BCUT2D eigenvalue weighted by atomic mass is 10.1. The molecule has 0 bridgehead atoms. The van der Waals surface area contributed by atoms with Gasteiger partial charge in [-0.15, -0.1) is 0 Å². The van der Waals surface area contributed by atoms with E-state index in [2.05, 4.69) is 15.5 Å². The van der Waals surface area contributed by atoms with Crippen LogP contribution in [0.5, 0.6) is 5.75 Å². The second-order valence-electron chi connectivity index (χ2n) is 3.77. The van der Waals surface area contributed by atoms with Gasteiger partial charge in [0.25, 0.3) is 5.91 Å². The Kier molecular flexibility index (Phi) is 3.43. The minimum Gasteiger partial charge on any atom is -0.508 e. The van der Waals surface area contributed by atoms with Crippen molar-refractivity contribution in [2.24, 2.45) is 5.10 Å². The molecule has 0 aliphatic carbocycles. The molecule has 0 atom stereocenters. The van der Waals surface area contributed by atoms with Crippen LogP contribution < -0.4 is 5.43 Å². The minimum absolute atomic E-state index is 0.196. The molecular weight excluding hydrogens is 230 g/mol. The lowest BCUT2D eigenvalue weighted by Gasteiger charge is -2.02. The number of hydrogen-bond acceptors (Lipinski definition) is 3. The van der Waals surface area contributed by atoms with Crippen molar-refractivity contribution in [3.8, 4) is 5.75 Å². The highest BCUT2D eigenvalue weighted by Crippen LogP contribution is 2.10. The third-order valence-electron chi connectivity index (χ3n) is 2.45. The molecule has 1 amide bonds. The van der Waals surface area contributed by atoms with Crippen molar-refractivity contribution in [1.29, 1.82) is 0 Å². The number of amides is 1. The molecule has 0 spiro atoms. The Morgan fingerprint density at radius 2 is 2.00 bits per heavy atom. The molecule has 5 nitrogen and oxygen atoms in total. The zero-order valence-corrected chi connectivity index (χ0v) is 9.84. The summed E-state index contributed by atoms with van der Waals surface area (Å²) in [7, 11) is 0. The van der Waals surface area contributed by atoms with Crippen LogP contribution in [0.4, 0.5) is 0 Å². The molecule has 0 unspecified atom stereocenters. The van der Waals surface area contributed by atoms with E-state index in [4.69, 9.17) is 5.11 Å². The lowest BCUT2D eigenvalue weighted by Crippen LogP contribution is -2.19. The van der Waals surface area contributed by atoms with E-state index >= 15 is 0 Å². The fourth-order valence-electron chi connectivity index (χ4n) is 1.43. The predicted molar refractivity (Wildman–Crippen MR) is 68.6 cm³/mol. The van der Waals surface area contributed by atoms with E-state index in [1.54, 1.807) is 49.5 Å². The van der Waals surface area contributed by atoms with Crippen LogP contribution in [-0.2, 0) is 0 Å². The number of phenolic OH excluding ortho intramolecular Hbond substituents is 1. The summed E-state index contributed by atoms with van der Waals surface area (Å²) in [5.41, 5.74) is 4.40. The van der Waals surface area contributed by atoms with Crippen molar-refractivity contribution in [1.82, 2.24) is 10.4 Å². The number of nitrogens with one attached hydrogen (secondary N) is 2. The van der Waals surface area contributed by atoms with Crippen molar-refractivity contribution < 1.29 is 9.90 Å². The largest absolute Gasteiger partial charge is 0.508 e. The van der Waals surface area contributed by atoms with E-state index in [1.165, 1.54) is 0 Å². The van der Waals surface area contributed by atoms with Gasteiger partial charge >= 0.3 is 0 Å². The molecule has 2 aromatic rings. The van der Waals surface area contributed by atoms with Crippen molar-refractivity contribution >= 4 is 11.6 Å². The SMILES string of the molecule is C/C(=N\NC(=O)c1ccc[nH]1)c1ccc(O)cc1. The highest BCUT2D eigenvalue weighted by atomic mass is 16.3. The second-order valence-corrected chi connectivity index (χ2v) is 3.77. The Labute approximate surface area is 104 Å². The predicted octanol–water partition coefficient (Wildman–Crippen LogP) is 1.87. The number of phenols is 1. The summed E-state index contributed by atoms with van der Waals surface area (Å²) < 4.78 is 0. The van der Waals surface area contributed by atoms with E-state index in [0.717, 1.165) is 5.56 Å². The number of benzene rings is 1. The zero-order valence-electron chi connectivity index (χ0n) is 9.84. The molecule has 1 aromatic carbocycles. The molecule has 5 heteroatoms. The summed E-state index contributed by atoms with van der Waals surface area (Å²) in [6.07, 6.45) is 1.67. The molecule has 0 fully saturated rings. The number of hydrogen-bond donors (Lipinski definition) is 3. The lowest BCUT2D eigenvalue weighted by molar-refractivity contribution is 0.0950. The molecule has 0 aliphatic heterocycles. The Bertz CT molecular complexity index is 556. The third-order valence-corrected chi connectivity index (χ3v) is 2.45. The Morgan fingerprint density at radius 1 is 1.28 bits per heavy atom. The van der Waals surface area contributed by atoms with Crippen LogP contribution in [0, 0.1) is 0 Å². The maximum absolute atomic E-state index is 11.6. The number of aromatic hydroxyl groups is 1. The monoisotopic (exact) mass is 243 g/mol. The van der Waals surface area contributed by atoms with Gasteiger partial charge in [-0.1, -0.05) is 0 Å². The molecule has 0 radical (unpaired) electrons. The van der Waals surface area contributed by atoms with Gasteiger partial charge in [-0.05, 0) is 48.9 Å². The maximum Gasteiger partial charge on any atom is 0.287 e. The quantitative estimate of drug-likeness (QED) is 0.568. The van der Waals surface area contributed by atoms with E-state index in [1.807, 2.05) is 0 Å². The fourth-order valence-corrected chi connectivity index (χ4v) is 1.43. The topological polar surface area (TPSA) is 77.5 Å². The summed E-state index contributed by atoms with van der Waals surface area (Å²) in [6.45, 7) is 1.78. The van der Waals surface area contributed by atoms with Crippen LogP contribution in [0.15, 0.2) is 47.7 Å². The summed E-state index contributed by atoms with van der Waals surface area (Å²) in [4.78, 5) is 14.4. The maximum atomic E-state index is 11.6. The zero-order chi connectivity index (χ0) is 13.0. The highest BCUT2D eigenvalue weighted by Gasteiger charge is 2.04. The van der Waals surface area contributed by atoms with Gasteiger partial charge < -0.3 is 10.1 Å². The summed E-state index contributed by atoms with van der Waals surface area (Å²) in [5.74, 6) is -0.0971. The van der Waals surface area contributed by atoms with Gasteiger partial charge in [0.1, 0.15) is 11.4 Å². The number of carbonyl (C=O) groups is 1. The van der Waals surface area contributed by atoms with Crippen LogP contribution in [-0.4, -0.2) is 21.7 Å². The van der Waals surface area contributed by atoms with Gasteiger partial charge in [0.2, 0.25) is 0 Å². The molecule has 2 rings (SSSR count). The average Bonchev–Trinajstić information content (AvgIpc) is 2.90. The Balaban J connectivity index is 2.05. The molecule has 0 aliphatic rings. The van der Waals surface area contributed by atoms with Crippen molar-refractivity contribution in [3.63, 3.8) is 0 Å². The molecule has 92 valence electrons. The van der Waals surface area contributed by atoms with Crippen LogP contribution in [0.1, 0.15) is 23.0 Å². The molecule has 3 N–H and O–H groups in total. The first-order valence-electron chi connectivity index (χ1n) is 5.44. The molecular formula is C13H13N3O2. The first kappa shape index (κ1) is 11.9. The Morgan fingerprint density at radius 3 is 2.61 bits per heavy atom. The number of aromatic amines is 1. The molecule has 18 heavy (non-hydrogen) atoms. The number of H-pyrrole nitrogens is 1. The number of hydrazone groups is 1. The smallest absolute Gasteiger partial charge is 0.287 e. The minimum atomic E-state index is -0.293. The normalized spacial score (nSPS) is 11.3. The number of nitrogens with zero attached hydrogens (tertiary/aromatic N) is 1. The van der Waals surface area contributed by atoms with E-state index < -0.39 is 0 Å². The summed E-state index contributed by atoms with van der Waals surface area (Å²) >= 11 is 0. The van der Waals surface area contributed by atoms with Crippen molar-refractivity contribution in [3.05, 3.63) is 53.9 Å². The summed E-state index contributed by atoms with van der Waals surface area (Å²) in [5, 5.41) is 13.2. The average molecular weight is 243 g/mol. The van der Waals surface area contributed by atoms with Crippen LogP contribution in [0.25, 0.3) is 0 Å². The molecule has 1 heterocycles. The fraction of sp³-hybridized carbons (Fsp3) is 0.0769. The molecule has 0 saturated heterocycles. The molecule has 1 aromatic heterocycles. The number of aromatic nitrogens is 1. The standard InChI is InChI=1S/C13H13N3O2/c1-9(10-4-6-11(17)7-5-10)15-16-13(18)12-3-2-8-14-12/h2-8,14,17H,1H3,(H,16,18)/b15-9+. The second kappa shape index (κ2) is 5.18. The third kappa shape index (κ3) is 2.76. The van der Waals surface area contributed by atoms with E-state index in [-0.39, 0.29) is 11.7 Å². The van der Waals surface area contributed by atoms with Gasteiger partial charge in [0.05, 0.1) is 5.71 Å². The first-order chi connectivity index (χ1) is 8.66. The van der Waals surface area contributed by atoms with E-state index in [0.29, 0.717) is 11.4 Å². The van der Waals surface area contributed by atoms with Crippen molar-refractivity contribution in [2.45, 2.75) is 6.92 Å². The number of carbonyl (C=O) groups excluding carboxylic acids is 1. The first-order valence-corrected chi connectivity index (χ1v) is 5.44. The van der Waals surface area contributed by atoms with Gasteiger partial charge in [-0.3, -0.25) is 4.79 Å². The van der Waals surface area contributed by atoms with Crippen LogP contribution in [0.3, 0.4) is 0 Å². The highest BCUT2D eigenvalue weighted by molar-refractivity contribution is 6.00. The molecule has 0 saturated carbocycles. The van der Waals surface area contributed by atoms with Crippen LogP contribution >= 0.6 is 0 Å². The summed E-state index contributed by atoms with van der Waals surface area (Å²) in [6, 6.07) is 10.0. The van der Waals surface area contributed by atoms with Gasteiger partial charge in [0, 0.05) is 6.20 Å².